The second kappa shape index (κ2) is 8.64. The average molecular weight is 369 g/mol. The number of anilines is 1. The molecule has 0 aromatic heterocycles. The van der Waals surface area contributed by atoms with E-state index in [2.05, 4.69) is 4.90 Å². The Labute approximate surface area is 158 Å². The first-order valence-electron chi connectivity index (χ1n) is 9.14. The number of hydrogen-bond donors (Lipinski definition) is 1. The number of nitrogens with zero attached hydrogens (tertiary/aromatic N) is 3. The van der Waals surface area contributed by atoms with Gasteiger partial charge in [0.05, 0.1) is 31.1 Å². The molecular formula is C20H25N4O3+. The molecule has 3 rings (SSSR count). The normalized spacial score (nSPS) is 14.8. The standard InChI is InChI=1S/C20H24N4O3/c1-21(15-17-5-3-2-4-6-17)20(25)16-22-11-13-23(14-12-22)18-7-9-19(10-8-18)24(26)27/h2-10H,11-16H2,1H3/p+1. The summed E-state index contributed by atoms with van der Waals surface area (Å²) in [5, 5.41) is 10.8. The van der Waals surface area contributed by atoms with Gasteiger partial charge >= 0.3 is 0 Å². The van der Waals surface area contributed by atoms with Gasteiger partial charge in [0.1, 0.15) is 0 Å². The fourth-order valence-electron chi connectivity index (χ4n) is 3.34. The molecule has 0 atom stereocenters. The number of amides is 1. The Bertz CT molecular complexity index is 772. The molecule has 1 amide bonds. The SMILES string of the molecule is CN(Cc1ccccc1)C(=O)C[NH+]1CCN(c2ccc([N+](=O)[O-])cc2)CC1. The molecule has 1 saturated heterocycles. The van der Waals surface area contributed by atoms with E-state index < -0.39 is 0 Å². The van der Waals surface area contributed by atoms with Crippen LogP contribution in [0.2, 0.25) is 0 Å². The number of non-ortho nitro benzene ring substituents is 1. The largest absolute Gasteiger partial charge is 0.360 e. The minimum atomic E-state index is -0.385. The number of nitro groups is 1. The summed E-state index contributed by atoms with van der Waals surface area (Å²) >= 11 is 0. The number of likely N-dealkylation sites (N-methyl/N-ethyl adjacent to an activating group) is 1. The molecule has 1 fully saturated rings. The molecule has 0 unspecified atom stereocenters. The van der Waals surface area contributed by atoms with Gasteiger partial charge < -0.3 is 14.7 Å². The average Bonchev–Trinajstić information content (AvgIpc) is 2.69. The van der Waals surface area contributed by atoms with E-state index in [1.165, 1.54) is 17.0 Å². The third-order valence-corrected chi connectivity index (χ3v) is 4.99. The van der Waals surface area contributed by atoms with Gasteiger partial charge in [-0.2, -0.15) is 0 Å². The number of quaternary nitrogens is 1. The minimum absolute atomic E-state index is 0.107. The smallest absolute Gasteiger partial charge is 0.277 e. The van der Waals surface area contributed by atoms with Gasteiger partial charge in [0, 0.05) is 31.4 Å². The minimum Gasteiger partial charge on any atom is -0.360 e. The van der Waals surface area contributed by atoms with E-state index in [1.54, 1.807) is 17.0 Å². The first kappa shape index (κ1) is 18.8. The van der Waals surface area contributed by atoms with Crippen molar-refractivity contribution in [3.63, 3.8) is 0 Å². The van der Waals surface area contributed by atoms with Crippen LogP contribution < -0.4 is 9.80 Å². The summed E-state index contributed by atoms with van der Waals surface area (Å²) in [4.78, 5) is 28.1. The number of carbonyl (C=O) groups excluding carboxylic acids is 1. The van der Waals surface area contributed by atoms with Gasteiger partial charge in [-0.3, -0.25) is 14.9 Å². The van der Waals surface area contributed by atoms with E-state index >= 15 is 0 Å². The van der Waals surface area contributed by atoms with E-state index in [9.17, 15) is 14.9 Å². The third kappa shape index (κ3) is 5.04. The Morgan fingerprint density at radius 1 is 1.11 bits per heavy atom. The fraction of sp³-hybridized carbons (Fsp3) is 0.350. The highest BCUT2D eigenvalue weighted by Gasteiger charge is 2.24. The molecule has 0 aliphatic carbocycles. The first-order valence-corrected chi connectivity index (χ1v) is 9.14. The summed E-state index contributed by atoms with van der Waals surface area (Å²) < 4.78 is 0. The van der Waals surface area contributed by atoms with Gasteiger partial charge in [-0.1, -0.05) is 30.3 Å². The number of nitrogens with one attached hydrogen (secondary N) is 1. The number of rotatable bonds is 6. The maximum atomic E-state index is 12.5. The van der Waals surface area contributed by atoms with E-state index in [4.69, 9.17) is 0 Å². The van der Waals surface area contributed by atoms with Crippen LogP contribution in [0.4, 0.5) is 11.4 Å². The topological polar surface area (TPSA) is 71.1 Å². The monoisotopic (exact) mass is 369 g/mol. The molecule has 0 saturated carbocycles. The van der Waals surface area contributed by atoms with E-state index in [1.807, 2.05) is 37.4 Å². The summed E-state index contributed by atoms with van der Waals surface area (Å²) in [5.74, 6) is 0.151. The van der Waals surface area contributed by atoms with Crippen LogP contribution in [0.25, 0.3) is 0 Å². The van der Waals surface area contributed by atoms with Gasteiger partial charge in [0.15, 0.2) is 6.54 Å². The zero-order chi connectivity index (χ0) is 19.2. The van der Waals surface area contributed by atoms with Crippen molar-refractivity contribution in [3.8, 4) is 0 Å². The lowest BCUT2D eigenvalue weighted by molar-refractivity contribution is -0.892. The van der Waals surface area contributed by atoms with Crippen LogP contribution in [0.3, 0.4) is 0 Å². The number of carbonyl (C=O) groups is 1. The second-order valence-electron chi connectivity index (χ2n) is 6.92. The van der Waals surface area contributed by atoms with Gasteiger partial charge in [0.2, 0.25) is 0 Å². The Hall–Kier alpha value is -2.93. The lowest BCUT2D eigenvalue weighted by Gasteiger charge is -2.34. The Kier molecular flexibility index (Phi) is 6.03. The van der Waals surface area contributed by atoms with E-state index in [0.717, 1.165) is 37.4 Å². The van der Waals surface area contributed by atoms with Crippen LogP contribution >= 0.6 is 0 Å². The lowest BCUT2D eigenvalue weighted by atomic mass is 10.2. The zero-order valence-electron chi connectivity index (χ0n) is 15.5. The van der Waals surface area contributed by atoms with Gasteiger partial charge in [-0.15, -0.1) is 0 Å². The highest BCUT2D eigenvalue weighted by Crippen LogP contribution is 2.19. The highest BCUT2D eigenvalue weighted by molar-refractivity contribution is 5.76. The molecule has 0 bridgehead atoms. The Morgan fingerprint density at radius 3 is 2.33 bits per heavy atom. The van der Waals surface area contributed by atoms with Crippen molar-refractivity contribution in [2.75, 3.05) is 44.7 Å². The lowest BCUT2D eigenvalue weighted by Crippen LogP contribution is -3.15. The van der Waals surface area contributed by atoms with Crippen molar-refractivity contribution in [2.24, 2.45) is 0 Å². The number of piperazine rings is 1. The number of nitro benzene ring substituents is 1. The molecule has 2 aromatic rings. The predicted octanol–water partition coefficient (Wildman–Crippen LogP) is 0.958. The van der Waals surface area contributed by atoms with Crippen molar-refractivity contribution in [3.05, 3.63) is 70.3 Å². The summed E-state index contributed by atoms with van der Waals surface area (Å²) in [6, 6.07) is 16.7. The number of hydrogen-bond acceptors (Lipinski definition) is 4. The summed E-state index contributed by atoms with van der Waals surface area (Å²) in [6.07, 6.45) is 0. The highest BCUT2D eigenvalue weighted by atomic mass is 16.6. The molecule has 0 radical (unpaired) electrons. The Morgan fingerprint density at radius 2 is 1.74 bits per heavy atom. The van der Waals surface area contributed by atoms with Crippen LogP contribution in [0.5, 0.6) is 0 Å². The van der Waals surface area contributed by atoms with Crippen molar-refractivity contribution in [1.29, 1.82) is 0 Å². The zero-order valence-corrected chi connectivity index (χ0v) is 15.5. The van der Waals surface area contributed by atoms with Crippen molar-refractivity contribution in [1.82, 2.24) is 4.90 Å². The van der Waals surface area contributed by atoms with E-state index in [0.29, 0.717) is 13.1 Å². The second-order valence-corrected chi connectivity index (χ2v) is 6.92. The van der Waals surface area contributed by atoms with Crippen LogP contribution in [-0.2, 0) is 11.3 Å². The molecule has 1 aliphatic heterocycles. The quantitative estimate of drug-likeness (QED) is 0.608. The third-order valence-electron chi connectivity index (χ3n) is 4.99. The molecule has 0 spiro atoms. The van der Waals surface area contributed by atoms with Gasteiger partial charge in [0.25, 0.3) is 11.6 Å². The first-order chi connectivity index (χ1) is 13.0. The van der Waals surface area contributed by atoms with Gasteiger partial charge in [-0.05, 0) is 17.7 Å². The van der Waals surface area contributed by atoms with E-state index in [-0.39, 0.29) is 16.5 Å². The van der Waals surface area contributed by atoms with Crippen molar-refractivity contribution >= 4 is 17.3 Å². The summed E-state index contributed by atoms with van der Waals surface area (Å²) in [7, 11) is 1.85. The molecule has 27 heavy (non-hydrogen) atoms. The molecular weight excluding hydrogens is 344 g/mol. The summed E-state index contributed by atoms with van der Waals surface area (Å²) in [6.45, 7) is 4.55. The van der Waals surface area contributed by atoms with Crippen LogP contribution in [0.15, 0.2) is 54.6 Å². The van der Waals surface area contributed by atoms with Crippen LogP contribution in [-0.4, -0.2) is 55.5 Å². The summed E-state index contributed by atoms with van der Waals surface area (Å²) in [5.41, 5.74) is 2.23. The molecule has 7 nitrogen and oxygen atoms in total. The van der Waals surface area contributed by atoms with Gasteiger partial charge in [-0.25, -0.2) is 0 Å². The molecule has 1 N–H and O–H groups in total. The molecule has 1 heterocycles. The maximum Gasteiger partial charge on any atom is 0.277 e. The fourth-order valence-corrected chi connectivity index (χ4v) is 3.34. The molecule has 7 heteroatoms. The van der Waals surface area contributed by atoms with Crippen molar-refractivity contribution in [2.45, 2.75) is 6.54 Å². The predicted molar refractivity (Wildman–Crippen MR) is 104 cm³/mol. The van der Waals surface area contributed by atoms with Crippen LogP contribution in [0, 0.1) is 10.1 Å². The molecule has 1 aliphatic rings. The Balaban J connectivity index is 1.47. The van der Waals surface area contributed by atoms with Crippen molar-refractivity contribution < 1.29 is 14.6 Å². The maximum absolute atomic E-state index is 12.5. The molecule has 142 valence electrons. The van der Waals surface area contributed by atoms with Crippen LogP contribution in [0.1, 0.15) is 5.56 Å². The number of benzene rings is 2. The molecule has 2 aromatic carbocycles.